The smallest absolute Gasteiger partial charge is 0.409 e. The second-order valence-electron chi connectivity index (χ2n) is 6.59. The summed E-state index contributed by atoms with van der Waals surface area (Å²) in [5.41, 5.74) is 0. The average molecular weight is 378 g/mol. The summed E-state index contributed by atoms with van der Waals surface area (Å²) in [6.45, 7) is 4.30. The van der Waals surface area contributed by atoms with Crippen LogP contribution in [-0.4, -0.2) is 74.4 Å². The van der Waals surface area contributed by atoms with Gasteiger partial charge in [-0.2, -0.15) is 9.61 Å². The van der Waals surface area contributed by atoms with Crippen LogP contribution in [0.2, 0.25) is 0 Å². The van der Waals surface area contributed by atoms with Gasteiger partial charge in [-0.25, -0.2) is 4.79 Å². The molecule has 9 nitrogen and oxygen atoms in total. The fourth-order valence-electron chi connectivity index (χ4n) is 3.09. The Morgan fingerprint density at radius 3 is 2.58 bits per heavy atom. The van der Waals surface area contributed by atoms with Crippen LogP contribution in [0.15, 0.2) is 0 Å². The van der Waals surface area contributed by atoms with E-state index in [-0.39, 0.29) is 12.0 Å². The van der Waals surface area contributed by atoms with Gasteiger partial charge in [-0.05, 0) is 19.8 Å². The van der Waals surface area contributed by atoms with Crippen molar-refractivity contribution in [3.63, 3.8) is 0 Å². The van der Waals surface area contributed by atoms with Crippen LogP contribution in [0.4, 0.5) is 4.79 Å². The van der Waals surface area contributed by atoms with Crippen molar-refractivity contribution in [3.05, 3.63) is 10.8 Å². The van der Waals surface area contributed by atoms with E-state index in [0.29, 0.717) is 51.5 Å². The SMILES string of the molecule is CCOC(=O)N1CCN(C(=O)CCc2nn3c(C4CC4)nnc3s2)CC1. The fourth-order valence-corrected chi connectivity index (χ4v) is 3.93. The van der Waals surface area contributed by atoms with Crippen LogP contribution >= 0.6 is 11.3 Å². The van der Waals surface area contributed by atoms with E-state index in [9.17, 15) is 9.59 Å². The molecule has 2 amide bonds. The van der Waals surface area contributed by atoms with Crippen LogP contribution in [0.3, 0.4) is 0 Å². The number of piperazine rings is 1. The van der Waals surface area contributed by atoms with E-state index in [0.717, 1.165) is 28.6 Å². The van der Waals surface area contributed by atoms with Crippen molar-refractivity contribution in [1.29, 1.82) is 0 Å². The highest BCUT2D eigenvalue weighted by Gasteiger charge is 2.30. The number of rotatable bonds is 5. The molecule has 1 aliphatic carbocycles. The number of amides is 2. The molecule has 140 valence electrons. The molecule has 0 N–H and O–H groups in total. The minimum Gasteiger partial charge on any atom is -0.450 e. The van der Waals surface area contributed by atoms with Crippen molar-refractivity contribution in [3.8, 4) is 0 Å². The molecule has 0 atom stereocenters. The van der Waals surface area contributed by atoms with Gasteiger partial charge in [-0.15, -0.1) is 10.2 Å². The molecule has 0 radical (unpaired) electrons. The lowest BCUT2D eigenvalue weighted by atomic mass is 10.2. The maximum Gasteiger partial charge on any atom is 0.409 e. The van der Waals surface area contributed by atoms with Crippen LogP contribution in [-0.2, 0) is 16.0 Å². The quantitative estimate of drug-likeness (QED) is 0.778. The topological polar surface area (TPSA) is 92.9 Å². The number of ether oxygens (including phenoxy) is 1. The lowest BCUT2D eigenvalue weighted by Gasteiger charge is -2.34. The standard InChI is InChI=1S/C16H22N6O3S/c1-2-25-16(24)21-9-7-20(8-10-21)13(23)6-5-12-19-22-14(11-3-4-11)17-18-15(22)26-12/h11H,2-10H2,1H3. The molecule has 26 heavy (non-hydrogen) atoms. The van der Waals surface area contributed by atoms with Crippen LogP contribution in [0.5, 0.6) is 0 Å². The minimum absolute atomic E-state index is 0.0990. The number of fused-ring (bicyclic) bond motifs is 1. The van der Waals surface area contributed by atoms with Crippen molar-refractivity contribution in [2.75, 3.05) is 32.8 Å². The number of carbonyl (C=O) groups excluding carboxylic acids is 2. The summed E-state index contributed by atoms with van der Waals surface area (Å²) >= 11 is 1.50. The molecule has 0 unspecified atom stereocenters. The van der Waals surface area contributed by atoms with Crippen LogP contribution < -0.4 is 0 Å². The number of hydrogen-bond donors (Lipinski definition) is 0. The molecule has 10 heteroatoms. The van der Waals surface area contributed by atoms with E-state index in [4.69, 9.17) is 4.74 Å². The van der Waals surface area contributed by atoms with Gasteiger partial charge in [0.05, 0.1) is 6.61 Å². The molecule has 1 saturated carbocycles. The van der Waals surface area contributed by atoms with E-state index < -0.39 is 0 Å². The van der Waals surface area contributed by atoms with Crippen LogP contribution in [0.25, 0.3) is 4.96 Å². The highest BCUT2D eigenvalue weighted by atomic mass is 32.1. The number of aryl methyl sites for hydroxylation is 1. The summed E-state index contributed by atoms with van der Waals surface area (Å²) in [5, 5.41) is 13.9. The Hall–Kier alpha value is -2.23. The molecule has 2 aromatic rings. The lowest BCUT2D eigenvalue weighted by molar-refractivity contribution is -0.132. The molecule has 1 aliphatic heterocycles. The highest BCUT2D eigenvalue weighted by Crippen LogP contribution is 2.39. The Morgan fingerprint density at radius 1 is 1.15 bits per heavy atom. The molecular formula is C16H22N6O3S. The first-order valence-corrected chi connectivity index (χ1v) is 9.88. The van der Waals surface area contributed by atoms with Gasteiger partial charge in [0.15, 0.2) is 5.82 Å². The minimum atomic E-state index is -0.300. The molecule has 0 aromatic carbocycles. The van der Waals surface area contributed by atoms with Crippen LogP contribution in [0.1, 0.15) is 42.9 Å². The molecule has 4 rings (SSSR count). The third-order valence-corrected chi connectivity index (χ3v) is 5.67. The largest absolute Gasteiger partial charge is 0.450 e. The Labute approximate surface area is 154 Å². The molecule has 0 bridgehead atoms. The maximum atomic E-state index is 12.4. The fraction of sp³-hybridized carbons (Fsp3) is 0.688. The summed E-state index contributed by atoms with van der Waals surface area (Å²) in [6, 6.07) is 0. The zero-order chi connectivity index (χ0) is 18.1. The molecule has 2 aliphatic rings. The Balaban J connectivity index is 1.28. The Bertz CT molecular complexity index is 806. The normalized spacial score (nSPS) is 17.7. The Kier molecular flexibility index (Phi) is 4.75. The second-order valence-corrected chi connectivity index (χ2v) is 7.63. The third-order valence-electron chi connectivity index (χ3n) is 4.71. The van der Waals surface area contributed by atoms with Gasteiger partial charge < -0.3 is 14.5 Å². The van der Waals surface area contributed by atoms with Crippen molar-refractivity contribution in [1.82, 2.24) is 29.6 Å². The number of carbonyl (C=O) groups is 2. The van der Waals surface area contributed by atoms with Crippen molar-refractivity contribution < 1.29 is 14.3 Å². The number of nitrogens with zero attached hydrogens (tertiary/aromatic N) is 6. The van der Waals surface area contributed by atoms with Crippen LogP contribution in [0, 0.1) is 0 Å². The summed E-state index contributed by atoms with van der Waals surface area (Å²) in [6.07, 6.45) is 3.04. The summed E-state index contributed by atoms with van der Waals surface area (Å²) in [4.78, 5) is 28.4. The van der Waals surface area contributed by atoms with Crippen molar-refractivity contribution in [2.24, 2.45) is 0 Å². The molecular weight excluding hydrogens is 356 g/mol. The summed E-state index contributed by atoms with van der Waals surface area (Å²) in [7, 11) is 0. The first-order valence-electron chi connectivity index (χ1n) is 9.06. The summed E-state index contributed by atoms with van der Waals surface area (Å²) in [5.74, 6) is 1.54. The van der Waals surface area contributed by atoms with Gasteiger partial charge in [0.2, 0.25) is 10.9 Å². The first-order chi connectivity index (χ1) is 12.7. The van der Waals surface area contributed by atoms with Crippen molar-refractivity contribution >= 4 is 28.3 Å². The predicted molar refractivity (Wildman–Crippen MR) is 94.1 cm³/mol. The van der Waals surface area contributed by atoms with Gasteiger partial charge in [-0.1, -0.05) is 11.3 Å². The summed E-state index contributed by atoms with van der Waals surface area (Å²) < 4.78 is 6.83. The third kappa shape index (κ3) is 3.50. The predicted octanol–water partition coefficient (Wildman–Crippen LogP) is 1.30. The van der Waals surface area contributed by atoms with E-state index in [2.05, 4.69) is 15.3 Å². The van der Waals surface area contributed by atoms with Gasteiger partial charge in [0, 0.05) is 44.9 Å². The van der Waals surface area contributed by atoms with Gasteiger partial charge in [0.25, 0.3) is 0 Å². The van der Waals surface area contributed by atoms with E-state index in [1.165, 1.54) is 11.3 Å². The maximum absolute atomic E-state index is 12.4. The number of hydrogen-bond acceptors (Lipinski definition) is 7. The van der Waals surface area contributed by atoms with E-state index >= 15 is 0 Å². The van der Waals surface area contributed by atoms with E-state index in [1.54, 1.807) is 11.8 Å². The highest BCUT2D eigenvalue weighted by molar-refractivity contribution is 7.16. The molecule has 2 fully saturated rings. The monoisotopic (exact) mass is 378 g/mol. The van der Waals surface area contributed by atoms with E-state index in [1.807, 2.05) is 9.42 Å². The van der Waals surface area contributed by atoms with Gasteiger partial charge >= 0.3 is 6.09 Å². The first kappa shape index (κ1) is 17.2. The zero-order valence-corrected chi connectivity index (χ0v) is 15.6. The molecule has 0 spiro atoms. The molecule has 2 aromatic heterocycles. The van der Waals surface area contributed by atoms with Gasteiger partial charge in [-0.3, -0.25) is 4.79 Å². The zero-order valence-electron chi connectivity index (χ0n) is 14.8. The number of aromatic nitrogens is 4. The molecule has 3 heterocycles. The lowest BCUT2D eigenvalue weighted by Crippen LogP contribution is -2.50. The van der Waals surface area contributed by atoms with Gasteiger partial charge in [0.1, 0.15) is 5.01 Å². The average Bonchev–Trinajstić information content (AvgIpc) is 3.29. The van der Waals surface area contributed by atoms with Crippen molar-refractivity contribution in [2.45, 2.75) is 38.5 Å². The second kappa shape index (κ2) is 7.18. The molecule has 1 saturated heterocycles. The Morgan fingerprint density at radius 2 is 1.88 bits per heavy atom.